The Bertz CT molecular complexity index is 803. The van der Waals surface area contributed by atoms with E-state index in [1.165, 1.54) is 12.2 Å². The molecule has 0 saturated heterocycles. The van der Waals surface area contributed by atoms with Crippen molar-refractivity contribution in [1.82, 2.24) is 0 Å². The van der Waals surface area contributed by atoms with Gasteiger partial charge in [0.15, 0.2) is 0 Å². The molecule has 2 aromatic carbocycles. The fraction of sp³-hybridized carbons (Fsp3) is 0.105. The van der Waals surface area contributed by atoms with Crippen molar-refractivity contribution in [2.45, 2.75) is 6.61 Å². The van der Waals surface area contributed by atoms with Gasteiger partial charge in [-0.1, -0.05) is 48.0 Å². The van der Waals surface area contributed by atoms with Gasteiger partial charge in [0.2, 0.25) is 0 Å². The minimum atomic E-state index is -0.408. The Kier molecular flexibility index (Phi) is 7.81. The van der Waals surface area contributed by atoms with E-state index in [4.69, 9.17) is 32.7 Å². The highest BCUT2D eigenvalue weighted by Crippen LogP contribution is 2.26. The molecule has 2 aromatic rings. The van der Waals surface area contributed by atoms with Gasteiger partial charge < -0.3 is 9.47 Å². The molecule has 0 amide bonds. The van der Waals surface area contributed by atoms with Gasteiger partial charge in [0.1, 0.15) is 19.0 Å². The van der Waals surface area contributed by atoms with Crippen LogP contribution >= 0.6 is 45.8 Å². The van der Waals surface area contributed by atoms with Crippen LogP contribution in [0.1, 0.15) is 11.1 Å². The van der Waals surface area contributed by atoms with Gasteiger partial charge in [-0.2, -0.15) is 0 Å². The average molecular weight is 489 g/mol. The Balaban J connectivity index is 1.99. The van der Waals surface area contributed by atoms with Crippen molar-refractivity contribution in [2.75, 3.05) is 6.61 Å². The first-order chi connectivity index (χ1) is 12.0. The number of halogens is 3. The van der Waals surface area contributed by atoms with Gasteiger partial charge in [-0.05, 0) is 64.1 Å². The van der Waals surface area contributed by atoms with Crippen LogP contribution in [0.4, 0.5) is 0 Å². The number of rotatable bonds is 7. The molecule has 0 atom stereocenters. The highest BCUT2D eigenvalue weighted by molar-refractivity contribution is 14.1. The smallest absolute Gasteiger partial charge is 0.331 e. The molecule has 0 bridgehead atoms. The van der Waals surface area contributed by atoms with Crippen molar-refractivity contribution >= 4 is 57.8 Å². The van der Waals surface area contributed by atoms with E-state index in [1.54, 1.807) is 18.2 Å². The third-order valence-electron chi connectivity index (χ3n) is 3.09. The van der Waals surface area contributed by atoms with Gasteiger partial charge in [-0.25, -0.2) is 4.79 Å². The van der Waals surface area contributed by atoms with Crippen LogP contribution in [0.15, 0.2) is 55.1 Å². The summed E-state index contributed by atoms with van der Waals surface area (Å²) in [6.45, 7) is 4.07. The van der Waals surface area contributed by atoms with Gasteiger partial charge in [-0.15, -0.1) is 0 Å². The molecular formula is C19H15Cl2IO3. The van der Waals surface area contributed by atoms with Gasteiger partial charge in [-0.3, -0.25) is 0 Å². The minimum absolute atomic E-state index is 0.197. The lowest BCUT2D eigenvalue weighted by atomic mass is 10.2. The zero-order valence-electron chi connectivity index (χ0n) is 13.2. The summed E-state index contributed by atoms with van der Waals surface area (Å²) in [7, 11) is 0. The molecule has 0 saturated carbocycles. The minimum Gasteiger partial charge on any atom is -0.488 e. The molecule has 0 heterocycles. The second-order valence-corrected chi connectivity index (χ2v) is 6.96. The lowest BCUT2D eigenvalue weighted by Crippen LogP contribution is -1.99. The normalized spacial score (nSPS) is 10.7. The Hall–Kier alpha value is -1.50. The summed E-state index contributed by atoms with van der Waals surface area (Å²) in [4.78, 5) is 11.4. The van der Waals surface area contributed by atoms with Gasteiger partial charge in [0.25, 0.3) is 0 Å². The highest BCUT2D eigenvalue weighted by atomic mass is 127. The van der Waals surface area contributed by atoms with Crippen LogP contribution in [0.5, 0.6) is 5.75 Å². The van der Waals surface area contributed by atoms with E-state index >= 15 is 0 Å². The van der Waals surface area contributed by atoms with Crippen LogP contribution in [0, 0.1) is 3.57 Å². The predicted octanol–water partition coefficient (Wildman–Crippen LogP) is 5.92. The number of ether oxygens (including phenoxy) is 2. The molecule has 3 nitrogen and oxygen atoms in total. The first-order valence-corrected chi connectivity index (χ1v) is 9.15. The summed E-state index contributed by atoms with van der Waals surface area (Å²) in [6.07, 6.45) is 4.59. The largest absolute Gasteiger partial charge is 0.488 e. The molecule has 6 heteroatoms. The summed E-state index contributed by atoms with van der Waals surface area (Å²) in [5.41, 5.74) is 1.81. The van der Waals surface area contributed by atoms with Gasteiger partial charge >= 0.3 is 5.97 Å². The fourth-order valence-electron chi connectivity index (χ4n) is 1.88. The monoisotopic (exact) mass is 488 g/mol. The van der Waals surface area contributed by atoms with Crippen LogP contribution in [0.3, 0.4) is 0 Å². The van der Waals surface area contributed by atoms with Crippen LogP contribution in [0.2, 0.25) is 10.0 Å². The molecule has 0 aliphatic carbocycles. The van der Waals surface area contributed by atoms with Gasteiger partial charge in [0.05, 0.1) is 13.6 Å². The molecule has 2 rings (SSSR count). The first-order valence-electron chi connectivity index (χ1n) is 7.31. The van der Waals surface area contributed by atoms with E-state index in [0.717, 1.165) is 20.4 Å². The Labute approximate surface area is 170 Å². The Morgan fingerprint density at radius 1 is 1.16 bits per heavy atom. The number of esters is 1. The molecule has 0 unspecified atom stereocenters. The third kappa shape index (κ3) is 6.38. The standard InChI is InChI=1S/C19H15Cl2IO3/c1-2-9-24-19(23)8-5-13-4-7-18(17(22)11-13)25-12-14-3-6-15(20)16(21)10-14/h2-8,10-11H,1,9,12H2/b8-5+. The maximum Gasteiger partial charge on any atom is 0.331 e. The quantitative estimate of drug-likeness (QED) is 0.210. The van der Waals surface area contributed by atoms with Crippen molar-refractivity contribution in [3.63, 3.8) is 0 Å². The lowest BCUT2D eigenvalue weighted by molar-refractivity contribution is -0.136. The zero-order valence-corrected chi connectivity index (χ0v) is 16.8. The number of hydrogen-bond acceptors (Lipinski definition) is 3. The van der Waals surface area contributed by atoms with E-state index in [0.29, 0.717) is 16.7 Å². The second kappa shape index (κ2) is 9.85. The van der Waals surface area contributed by atoms with E-state index in [9.17, 15) is 4.79 Å². The molecule has 130 valence electrons. The van der Waals surface area contributed by atoms with Crippen LogP contribution in [0.25, 0.3) is 6.08 Å². The van der Waals surface area contributed by atoms with Crippen molar-refractivity contribution in [2.24, 2.45) is 0 Å². The van der Waals surface area contributed by atoms with Gasteiger partial charge in [0, 0.05) is 6.08 Å². The first kappa shape index (κ1) is 19.8. The maximum atomic E-state index is 11.4. The second-order valence-electron chi connectivity index (χ2n) is 4.98. The fourth-order valence-corrected chi connectivity index (χ4v) is 2.90. The SMILES string of the molecule is C=CCOC(=O)/C=C/c1ccc(OCc2ccc(Cl)c(Cl)c2)c(I)c1. The summed E-state index contributed by atoms with van der Waals surface area (Å²) in [6, 6.07) is 11.0. The third-order valence-corrected chi connectivity index (χ3v) is 4.67. The maximum absolute atomic E-state index is 11.4. The average Bonchev–Trinajstić information content (AvgIpc) is 2.60. The molecule has 0 aromatic heterocycles. The van der Waals surface area contributed by atoms with E-state index in [2.05, 4.69) is 29.2 Å². The molecule has 0 N–H and O–H groups in total. The van der Waals surface area contributed by atoms with E-state index in [-0.39, 0.29) is 6.61 Å². The molecule has 0 radical (unpaired) electrons. The topological polar surface area (TPSA) is 35.5 Å². The predicted molar refractivity (Wildman–Crippen MR) is 110 cm³/mol. The molecule has 0 fully saturated rings. The Morgan fingerprint density at radius 3 is 2.64 bits per heavy atom. The lowest BCUT2D eigenvalue weighted by Gasteiger charge is -2.09. The number of hydrogen-bond donors (Lipinski definition) is 0. The van der Waals surface area contributed by atoms with Crippen molar-refractivity contribution in [3.05, 3.63) is 79.9 Å². The summed E-state index contributed by atoms with van der Waals surface area (Å²) in [5.74, 6) is 0.341. The van der Waals surface area contributed by atoms with Crippen LogP contribution < -0.4 is 4.74 Å². The van der Waals surface area contributed by atoms with E-state index < -0.39 is 5.97 Å². The molecule has 0 spiro atoms. The summed E-state index contributed by atoms with van der Waals surface area (Å²) >= 11 is 14.1. The molecule has 25 heavy (non-hydrogen) atoms. The van der Waals surface area contributed by atoms with Crippen molar-refractivity contribution in [1.29, 1.82) is 0 Å². The Morgan fingerprint density at radius 2 is 1.96 bits per heavy atom. The van der Waals surface area contributed by atoms with Crippen molar-refractivity contribution < 1.29 is 14.3 Å². The van der Waals surface area contributed by atoms with E-state index in [1.807, 2.05) is 24.3 Å². The van der Waals surface area contributed by atoms with Crippen molar-refractivity contribution in [3.8, 4) is 5.75 Å². The van der Waals surface area contributed by atoms with Crippen LogP contribution in [-0.4, -0.2) is 12.6 Å². The molecule has 0 aliphatic heterocycles. The molecular weight excluding hydrogens is 474 g/mol. The molecule has 0 aliphatic rings. The van der Waals surface area contributed by atoms with Crippen LogP contribution in [-0.2, 0) is 16.1 Å². The summed E-state index contributed by atoms with van der Waals surface area (Å²) < 4.78 is 11.6. The summed E-state index contributed by atoms with van der Waals surface area (Å²) in [5, 5.41) is 1.02. The number of carbonyl (C=O) groups is 1. The number of benzene rings is 2. The zero-order chi connectivity index (χ0) is 18.2. The highest BCUT2D eigenvalue weighted by Gasteiger charge is 2.05. The number of carbonyl (C=O) groups excluding carboxylic acids is 1.